The fourth-order valence-corrected chi connectivity index (χ4v) is 8.66. The highest BCUT2D eigenvalue weighted by Gasteiger charge is 2.19. The Kier molecular flexibility index (Phi) is 63.4. The third-order valence-electron chi connectivity index (χ3n) is 13.5. The van der Waals surface area contributed by atoms with Gasteiger partial charge in [-0.2, -0.15) is 0 Å². The van der Waals surface area contributed by atoms with Crippen molar-refractivity contribution < 1.29 is 28.6 Å². The van der Waals surface area contributed by atoms with Gasteiger partial charge in [-0.1, -0.05) is 288 Å². The highest BCUT2D eigenvalue weighted by molar-refractivity contribution is 5.71. The second-order valence-corrected chi connectivity index (χ2v) is 21.3. The molecule has 0 aliphatic carbocycles. The van der Waals surface area contributed by atoms with Crippen LogP contribution >= 0.6 is 0 Å². The van der Waals surface area contributed by atoms with Crippen molar-refractivity contribution in [1.82, 2.24) is 0 Å². The molecule has 0 aromatic heterocycles. The van der Waals surface area contributed by atoms with E-state index in [1.165, 1.54) is 70.6 Å². The Labute approximate surface area is 499 Å². The molecule has 0 heterocycles. The van der Waals surface area contributed by atoms with E-state index in [9.17, 15) is 14.4 Å². The van der Waals surface area contributed by atoms with Crippen molar-refractivity contribution in [3.8, 4) is 0 Å². The van der Waals surface area contributed by atoms with Gasteiger partial charge in [-0.05, 0) is 128 Å². The highest BCUT2D eigenvalue weighted by atomic mass is 16.6. The van der Waals surface area contributed by atoms with E-state index >= 15 is 0 Å². The van der Waals surface area contributed by atoms with Crippen molar-refractivity contribution in [2.75, 3.05) is 13.2 Å². The van der Waals surface area contributed by atoms with Gasteiger partial charge in [0.2, 0.25) is 0 Å². The van der Waals surface area contributed by atoms with Crippen molar-refractivity contribution >= 4 is 17.9 Å². The molecule has 0 fully saturated rings. The summed E-state index contributed by atoms with van der Waals surface area (Å²) >= 11 is 0. The number of hydrogen-bond donors (Lipinski definition) is 0. The molecule has 1 atom stereocenters. The van der Waals surface area contributed by atoms with Crippen LogP contribution in [-0.2, 0) is 28.6 Å². The molecule has 6 heteroatoms. The Morgan fingerprint density at radius 2 is 0.481 bits per heavy atom. The van der Waals surface area contributed by atoms with Crippen molar-refractivity contribution in [2.45, 2.75) is 284 Å². The van der Waals surface area contributed by atoms with Crippen LogP contribution in [0, 0.1) is 0 Å². The maximum atomic E-state index is 12.9. The zero-order valence-electron chi connectivity index (χ0n) is 52.2. The molecule has 0 aliphatic heterocycles. The molecule has 0 amide bonds. The standard InChI is InChI=1S/C75H120O6/c1-4-7-10-13-16-19-21-23-25-27-29-31-33-35-37-39-41-43-45-47-49-51-53-56-59-62-65-68-74(77)80-71-72(70-79-73(76)67-64-61-58-55-18-15-12-9-6-3)81-75(78)69-66-63-60-57-54-52-50-48-46-44-42-40-38-36-34-32-30-28-26-24-22-20-17-14-11-8-5-2/h7-8,10-11,16-17,19-20,23-26,29-32,35-38,41-44,47,49,72H,4-6,9,12-15,18,21-22,27-28,33-34,39-40,45-46,48,50-71H2,1-3H3/b10-7-,11-8-,19-16-,20-17-,25-23-,26-24-,31-29-,32-30-,37-35-,38-36-,43-41-,44-42-,49-47-. The first-order valence-electron chi connectivity index (χ1n) is 33.0. The molecule has 0 N–H and O–H groups in total. The molecule has 0 radical (unpaired) electrons. The van der Waals surface area contributed by atoms with Crippen LogP contribution in [0.5, 0.6) is 0 Å². The van der Waals surface area contributed by atoms with E-state index in [0.717, 1.165) is 167 Å². The molecular weight excluding hydrogens is 997 g/mol. The van der Waals surface area contributed by atoms with Gasteiger partial charge >= 0.3 is 17.9 Å². The van der Waals surface area contributed by atoms with Gasteiger partial charge in [0.05, 0.1) is 0 Å². The smallest absolute Gasteiger partial charge is 0.306 e. The molecule has 456 valence electrons. The topological polar surface area (TPSA) is 78.9 Å². The first-order chi connectivity index (χ1) is 40.0. The van der Waals surface area contributed by atoms with E-state index in [0.29, 0.717) is 19.3 Å². The summed E-state index contributed by atoms with van der Waals surface area (Å²) in [5, 5.41) is 0. The molecular formula is C75H120O6. The molecule has 0 aromatic carbocycles. The number of carbonyl (C=O) groups excluding carboxylic acids is 3. The first-order valence-corrected chi connectivity index (χ1v) is 33.0. The van der Waals surface area contributed by atoms with E-state index < -0.39 is 6.10 Å². The molecule has 6 nitrogen and oxygen atoms in total. The van der Waals surface area contributed by atoms with Gasteiger partial charge in [-0.15, -0.1) is 0 Å². The maximum absolute atomic E-state index is 12.9. The normalized spacial score (nSPS) is 13.2. The molecule has 0 spiro atoms. The van der Waals surface area contributed by atoms with Gasteiger partial charge in [0.15, 0.2) is 6.10 Å². The third-order valence-corrected chi connectivity index (χ3v) is 13.5. The second kappa shape index (κ2) is 67.5. The van der Waals surface area contributed by atoms with Crippen LogP contribution in [0.4, 0.5) is 0 Å². The summed E-state index contributed by atoms with van der Waals surface area (Å²) in [5.41, 5.74) is 0. The van der Waals surface area contributed by atoms with Crippen molar-refractivity contribution in [2.24, 2.45) is 0 Å². The fraction of sp³-hybridized carbons (Fsp3) is 0.613. The van der Waals surface area contributed by atoms with Gasteiger partial charge in [-0.25, -0.2) is 0 Å². The summed E-state index contributed by atoms with van der Waals surface area (Å²) in [5.74, 6) is -0.925. The van der Waals surface area contributed by atoms with Crippen LogP contribution in [0.2, 0.25) is 0 Å². The highest BCUT2D eigenvalue weighted by Crippen LogP contribution is 2.15. The van der Waals surface area contributed by atoms with Gasteiger partial charge in [-0.3, -0.25) is 14.4 Å². The lowest BCUT2D eigenvalue weighted by atomic mass is 10.1. The van der Waals surface area contributed by atoms with E-state index in [-0.39, 0.29) is 31.1 Å². The molecule has 81 heavy (non-hydrogen) atoms. The Morgan fingerprint density at radius 1 is 0.259 bits per heavy atom. The lowest BCUT2D eigenvalue weighted by Crippen LogP contribution is -2.30. The number of carbonyl (C=O) groups is 3. The minimum Gasteiger partial charge on any atom is -0.462 e. The van der Waals surface area contributed by atoms with E-state index in [1.54, 1.807) is 0 Å². The summed E-state index contributed by atoms with van der Waals surface area (Å²) in [6.07, 6.45) is 98.3. The SMILES string of the molecule is CC/C=C\C/C=C\C/C=C\C/C=C\C/C=C\C/C=C\C/C=C\CCCCCCCC(=O)OCC(COC(=O)CCCCCCCCCCC)OC(=O)CCCCCCCCCC/C=C\C/C=C\C/C=C\C/C=C\C/C=C\C/C=C\CC. The molecule has 0 aromatic rings. The molecule has 0 aliphatic rings. The Bertz CT molecular complexity index is 1810. The average Bonchev–Trinajstić information content (AvgIpc) is 3.47. The first kappa shape index (κ1) is 76.0. The van der Waals surface area contributed by atoms with Crippen LogP contribution < -0.4 is 0 Å². The lowest BCUT2D eigenvalue weighted by molar-refractivity contribution is -0.167. The average molecular weight is 1120 g/mol. The van der Waals surface area contributed by atoms with Gasteiger partial charge < -0.3 is 14.2 Å². The van der Waals surface area contributed by atoms with Crippen LogP contribution in [0.3, 0.4) is 0 Å². The second-order valence-electron chi connectivity index (χ2n) is 21.3. The number of unbranched alkanes of at least 4 members (excludes halogenated alkanes) is 21. The fourth-order valence-electron chi connectivity index (χ4n) is 8.66. The largest absolute Gasteiger partial charge is 0.462 e. The van der Waals surface area contributed by atoms with Crippen molar-refractivity contribution in [3.05, 3.63) is 158 Å². The minimum atomic E-state index is -0.797. The van der Waals surface area contributed by atoms with Crippen LogP contribution in [0.1, 0.15) is 278 Å². The zero-order chi connectivity index (χ0) is 58.5. The van der Waals surface area contributed by atoms with Crippen LogP contribution in [0.25, 0.3) is 0 Å². The van der Waals surface area contributed by atoms with Crippen LogP contribution in [0.15, 0.2) is 158 Å². The molecule has 0 saturated heterocycles. The lowest BCUT2D eigenvalue weighted by Gasteiger charge is -2.18. The molecule has 0 saturated carbocycles. The molecule has 0 bridgehead atoms. The van der Waals surface area contributed by atoms with Gasteiger partial charge in [0, 0.05) is 19.3 Å². The van der Waals surface area contributed by atoms with E-state index in [4.69, 9.17) is 14.2 Å². The van der Waals surface area contributed by atoms with Crippen molar-refractivity contribution in [1.29, 1.82) is 0 Å². The Balaban J connectivity index is 4.32. The quantitative estimate of drug-likeness (QED) is 0.0261. The minimum absolute atomic E-state index is 0.0921. The summed E-state index contributed by atoms with van der Waals surface area (Å²) in [7, 11) is 0. The summed E-state index contributed by atoms with van der Waals surface area (Å²) in [6, 6.07) is 0. The zero-order valence-corrected chi connectivity index (χ0v) is 52.2. The van der Waals surface area contributed by atoms with Crippen LogP contribution in [-0.4, -0.2) is 37.2 Å². The van der Waals surface area contributed by atoms with E-state index in [1.807, 2.05) is 0 Å². The number of esters is 3. The van der Waals surface area contributed by atoms with Crippen molar-refractivity contribution in [3.63, 3.8) is 0 Å². The predicted octanol–water partition coefficient (Wildman–Crippen LogP) is 22.9. The summed E-state index contributed by atoms with van der Waals surface area (Å²) < 4.78 is 16.9. The monoisotopic (exact) mass is 1120 g/mol. The van der Waals surface area contributed by atoms with E-state index in [2.05, 4.69) is 179 Å². The Morgan fingerprint density at radius 3 is 0.753 bits per heavy atom. The van der Waals surface area contributed by atoms with Gasteiger partial charge in [0.1, 0.15) is 13.2 Å². The number of hydrogen-bond acceptors (Lipinski definition) is 6. The predicted molar refractivity (Wildman–Crippen MR) is 352 cm³/mol. The molecule has 1 unspecified atom stereocenters. The third kappa shape index (κ3) is 65.7. The van der Waals surface area contributed by atoms with Gasteiger partial charge in [0.25, 0.3) is 0 Å². The number of ether oxygens (including phenoxy) is 3. The molecule has 0 rings (SSSR count). The summed E-state index contributed by atoms with van der Waals surface area (Å²) in [6.45, 7) is 6.37. The number of rotatable bonds is 58. The Hall–Kier alpha value is -4.97. The number of allylic oxidation sites excluding steroid dienone is 26. The summed E-state index contributed by atoms with van der Waals surface area (Å²) in [4.78, 5) is 38.2. The maximum Gasteiger partial charge on any atom is 0.306 e.